The van der Waals surface area contributed by atoms with Gasteiger partial charge in [-0.05, 0) is 25.0 Å². The minimum Gasteiger partial charge on any atom is -0.304 e. The Morgan fingerprint density at radius 2 is 2.06 bits per heavy atom. The van der Waals surface area contributed by atoms with Crippen LogP contribution < -0.4 is 5.90 Å². The second-order valence-corrected chi connectivity index (χ2v) is 4.48. The van der Waals surface area contributed by atoms with Crippen molar-refractivity contribution in [3.05, 3.63) is 42.2 Å². The lowest BCUT2D eigenvalue weighted by Gasteiger charge is -2.08. The largest absolute Gasteiger partial charge is 0.304 e. The van der Waals surface area contributed by atoms with E-state index in [2.05, 4.69) is 10.3 Å². The van der Waals surface area contributed by atoms with Crippen LogP contribution in [0, 0.1) is 0 Å². The van der Waals surface area contributed by atoms with Gasteiger partial charge in [0.05, 0.1) is 24.2 Å². The van der Waals surface area contributed by atoms with Gasteiger partial charge in [0.15, 0.2) is 0 Å². The Kier molecular flexibility index (Phi) is 2.42. The zero-order valence-corrected chi connectivity index (χ0v) is 9.41. The maximum Gasteiger partial charge on any atom is 0.0917 e. The molecule has 1 fully saturated rings. The van der Waals surface area contributed by atoms with Gasteiger partial charge in [-0.15, -0.1) is 5.10 Å². The molecular weight excluding hydrogens is 216 g/mol. The van der Waals surface area contributed by atoms with Crippen molar-refractivity contribution < 1.29 is 4.84 Å². The summed E-state index contributed by atoms with van der Waals surface area (Å²) in [6, 6.07) is 9.93. The summed E-state index contributed by atoms with van der Waals surface area (Å²) in [6.07, 6.45) is 4.09. The van der Waals surface area contributed by atoms with Gasteiger partial charge in [0, 0.05) is 5.41 Å². The van der Waals surface area contributed by atoms with Gasteiger partial charge in [-0.25, -0.2) is 10.6 Å². The molecule has 88 valence electrons. The normalized spacial score (nSPS) is 17.0. The predicted octanol–water partition coefficient (Wildman–Crippen LogP) is 1.19. The maximum absolute atomic E-state index is 5.15. The molecule has 0 saturated heterocycles. The zero-order chi connectivity index (χ0) is 11.7. The molecule has 0 unspecified atom stereocenters. The van der Waals surface area contributed by atoms with Crippen molar-refractivity contribution in [1.82, 2.24) is 15.0 Å². The molecule has 1 aliphatic rings. The average molecular weight is 230 g/mol. The summed E-state index contributed by atoms with van der Waals surface area (Å²) >= 11 is 0. The molecule has 2 aromatic rings. The first-order valence-corrected chi connectivity index (χ1v) is 5.64. The number of nitrogens with zero attached hydrogens (tertiary/aromatic N) is 3. The highest BCUT2D eigenvalue weighted by atomic mass is 16.6. The first kappa shape index (κ1) is 10.4. The SMILES string of the molecule is NOCC1(c2cn(-c3ccccc3)nn2)CC1. The molecule has 5 heteroatoms. The van der Waals surface area contributed by atoms with Gasteiger partial charge < -0.3 is 4.84 Å². The van der Waals surface area contributed by atoms with Crippen LogP contribution in [0.2, 0.25) is 0 Å². The lowest BCUT2D eigenvalue weighted by atomic mass is 10.1. The van der Waals surface area contributed by atoms with Crippen LogP contribution in [0.3, 0.4) is 0 Å². The third kappa shape index (κ3) is 1.83. The molecule has 0 radical (unpaired) electrons. The second-order valence-electron chi connectivity index (χ2n) is 4.48. The summed E-state index contributed by atoms with van der Waals surface area (Å²) in [7, 11) is 0. The van der Waals surface area contributed by atoms with E-state index in [1.807, 2.05) is 36.5 Å². The first-order chi connectivity index (χ1) is 8.34. The van der Waals surface area contributed by atoms with Crippen molar-refractivity contribution >= 4 is 0 Å². The van der Waals surface area contributed by atoms with E-state index in [0.29, 0.717) is 6.61 Å². The second kappa shape index (κ2) is 3.94. The quantitative estimate of drug-likeness (QED) is 0.801. The van der Waals surface area contributed by atoms with Gasteiger partial charge in [0.2, 0.25) is 0 Å². The maximum atomic E-state index is 5.15. The highest BCUT2D eigenvalue weighted by molar-refractivity contribution is 5.32. The molecule has 17 heavy (non-hydrogen) atoms. The van der Waals surface area contributed by atoms with E-state index in [1.54, 1.807) is 4.68 Å². The highest BCUT2D eigenvalue weighted by Gasteiger charge is 2.47. The van der Waals surface area contributed by atoms with Crippen LogP contribution in [0.5, 0.6) is 0 Å². The Labute approximate surface area is 99.1 Å². The van der Waals surface area contributed by atoms with Gasteiger partial charge in [0.1, 0.15) is 0 Å². The van der Waals surface area contributed by atoms with Gasteiger partial charge >= 0.3 is 0 Å². The average Bonchev–Trinajstić information content (AvgIpc) is 2.98. The van der Waals surface area contributed by atoms with Crippen LogP contribution in [-0.4, -0.2) is 21.6 Å². The molecular formula is C12H14N4O. The molecule has 0 amide bonds. The Morgan fingerprint density at radius 1 is 1.29 bits per heavy atom. The molecule has 1 saturated carbocycles. The lowest BCUT2D eigenvalue weighted by molar-refractivity contribution is 0.115. The van der Waals surface area contributed by atoms with Gasteiger partial charge in [-0.2, -0.15) is 0 Å². The number of aromatic nitrogens is 3. The fourth-order valence-corrected chi connectivity index (χ4v) is 2.00. The number of benzene rings is 1. The summed E-state index contributed by atoms with van der Waals surface area (Å²) in [5.74, 6) is 5.15. The molecule has 0 aliphatic heterocycles. The summed E-state index contributed by atoms with van der Waals surface area (Å²) in [5, 5.41) is 8.37. The third-order valence-corrected chi connectivity index (χ3v) is 3.27. The third-order valence-electron chi connectivity index (χ3n) is 3.27. The Bertz CT molecular complexity index is 504. The lowest BCUT2D eigenvalue weighted by Crippen LogP contribution is -2.18. The molecule has 1 aromatic carbocycles. The van der Waals surface area contributed by atoms with Crippen LogP contribution >= 0.6 is 0 Å². The van der Waals surface area contributed by atoms with Crippen molar-refractivity contribution in [1.29, 1.82) is 0 Å². The number of rotatable bonds is 4. The van der Waals surface area contributed by atoms with E-state index in [-0.39, 0.29) is 5.41 Å². The minimum absolute atomic E-state index is 0.00177. The Hall–Kier alpha value is -1.72. The summed E-state index contributed by atoms with van der Waals surface area (Å²) in [6.45, 7) is 0.514. The van der Waals surface area contributed by atoms with E-state index >= 15 is 0 Å². The van der Waals surface area contributed by atoms with Gasteiger partial charge in [-0.3, -0.25) is 0 Å². The van der Waals surface area contributed by atoms with E-state index in [4.69, 9.17) is 10.7 Å². The van der Waals surface area contributed by atoms with Crippen molar-refractivity contribution in [2.75, 3.05) is 6.61 Å². The van der Waals surface area contributed by atoms with E-state index in [1.165, 1.54) is 0 Å². The Morgan fingerprint density at radius 3 is 2.71 bits per heavy atom. The molecule has 0 atom stereocenters. The molecule has 2 N–H and O–H groups in total. The van der Waals surface area contributed by atoms with E-state index in [9.17, 15) is 0 Å². The summed E-state index contributed by atoms with van der Waals surface area (Å²) in [5.41, 5.74) is 1.98. The van der Waals surface area contributed by atoms with E-state index in [0.717, 1.165) is 24.2 Å². The van der Waals surface area contributed by atoms with Gasteiger partial charge in [-0.1, -0.05) is 23.4 Å². The monoisotopic (exact) mass is 230 g/mol. The van der Waals surface area contributed by atoms with Crippen LogP contribution in [-0.2, 0) is 10.3 Å². The van der Waals surface area contributed by atoms with Crippen LogP contribution in [0.1, 0.15) is 18.5 Å². The Balaban J connectivity index is 1.89. The smallest absolute Gasteiger partial charge is 0.0917 e. The number of nitrogens with two attached hydrogens (primary N) is 1. The van der Waals surface area contributed by atoms with Crippen molar-refractivity contribution in [3.63, 3.8) is 0 Å². The van der Waals surface area contributed by atoms with Gasteiger partial charge in [0.25, 0.3) is 0 Å². The fourth-order valence-electron chi connectivity index (χ4n) is 2.00. The predicted molar refractivity (Wildman–Crippen MR) is 62.4 cm³/mol. The number of hydrogen-bond acceptors (Lipinski definition) is 4. The van der Waals surface area contributed by atoms with Crippen molar-refractivity contribution in [2.24, 2.45) is 5.90 Å². The topological polar surface area (TPSA) is 66.0 Å². The molecule has 1 heterocycles. The molecule has 5 nitrogen and oxygen atoms in total. The summed E-state index contributed by atoms with van der Waals surface area (Å²) in [4.78, 5) is 4.76. The number of hydrogen-bond donors (Lipinski definition) is 1. The molecule has 1 aromatic heterocycles. The van der Waals surface area contributed by atoms with E-state index < -0.39 is 0 Å². The number of para-hydroxylation sites is 1. The highest BCUT2D eigenvalue weighted by Crippen LogP contribution is 2.47. The first-order valence-electron chi connectivity index (χ1n) is 5.64. The standard InChI is InChI=1S/C12H14N4O/c13-17-9-12(6-7-12)11-8-16(15-14-11)10-4-2-1-3-5-10/h1-5,8H,6-7,9,13H2. The minimum atomic E-state index is 0.00177. The molecule has 3 rings (SSSR count). The zero-order valence-electron chi connectivity index (χ0n) is 9.41. The van der Waals surface area contributed by atoms with Crippen molar-refractivity contribution in [2.45, 2.75) is 18.3 Å². The van der Waals surface area contributed by atoms with Crippen LogP contribution in [0.4, 0.5) is 0 Å². The van der Waals surface area contributed by atoms with Crippen LogP contribution in [0.25, 0.3) is 5.69 Å². The van der Waals surface area contributed by atoms with Crippen molar-refractivity contribution in [3.8, 4) is 5.69 Å². The molecule has 1 aliphatic carbocycles. The summed E-state index contributed by atoms with van der Waals surface area (Å²) < 4.78 is 1.78. The van der Waals surface area contributed by atoms with Crippen LogP contribution in [0.15, 0.2) is 36.5 Å². The molecule has 0 spiro atoms. The molecule has 0 bridgehead atoms. The fraction of sp³-hybridized carbons (Fsp3) is 0.333.